The van der Waals surface area contributed by atoms with Gasteiger partial charge in [0.25, 0.3) is 0 Å². The molecule has 4 aromatic rings. The second kappa shape index (κ2) is 11.4. The Morgan fingerprint density at radius 1 is 0.865 bits per heavy atom. The summed E-state index contributed by atoms with van der Waals surface area (Å²) in [5.74, 6) is 0.463. The molecule has 0 spiro atoms. The highest BCUT2D eigenvalue weighted by atomic mass is 16.5. The van der Waals surface area contributed by atoms with E-state index in [1.807, 2.05) is 6.92 Å². The first-order valence-electron chi connectivity index (χ1n) is 11.7. The Morgan fingerprint density at radius 3 is 2.19 bits per heavy atom. The van der Waals surface area contributed by atoms with Crippen molar-refractivity contribution < 1.29 is 33.0 Å². The molecule has 1 aromatic heterocycles. The minimum atomic E-state index is -0.411. The number of carbonyl (C=O) groups excluding carboxylic acids is 2. The van der Waals surface area contributed by atoms with Gasteiger partial charge in [-0.05, 0) is 67.4 Å². The van der Waals surface area contributed by atoms with Gasteiger partial charge in [-0.1, -0.05) is 19.1 Å². The van der Waals surface area contributed by atoms with E-state index in [-0.39, 0.29) is 17.8 Å². The van der Waals surface area contributed by atoms with Gasteiger partial charge in [-0.15, -0.1) is 0 Å². The maximum absolute atomic E-state index is 13.1. The van der Waals surface area contributed by atoms with Crippen LogP contribution in [0.2, 0.25) is 0 Å². The van der Waals surface area contributed by atoms with E-state index in [1.165, 1.54) is 7.11 Å². The van der Waals surface area contributed by atoms with Crippen LogP contribution in [0.3, 0.4) is 0 Å². The summed E-state index contributed by atoms with van der Waals surface area (Å²) in [5.41, 5.74) is 1.75. The van der Waals surface area contributed by atoms with Crippen LogP contribution in [0.4, 0.5) is 0 Å². The van der Waals surface area contributed by atoms with Gasteiger partial charge in [-0.2, -0.15) is 0 Å². The average Bonchev–Trinajstić information content (AvgIpc) is 2.92. The third-order valence-electron chi connectivity index (χ3n) is 5.51. The van der Waals surface area contributed by atoms with Crippen LogP contribution in [0.1, 0.15) is 45.4 Å². The Morgan fingerprint density at radius 2 is 1.51 bits per heavy atom. The normalized spacial score (nSPS) is 10.7. The molecule has 0 bridgehead atoms. The lowest BCUT2D eigenvalue weighted by Gasteiger charge is -2.11. The van der Waals surface area contributed by atoms with E-state index < -0.39 is 11.9 Å². The fourth-order valence-electron chi connectivity index (χ4n) is 3.55. The lowest BCUT2D eigenvalue weighted by atomic mass is 10.1. The molecule has 1 heterocycles. The molecule has 0 saturated carbocycles. The topological polar surface area (TPSA) is 101 Å². The summed E-state index contributed by atoms with van der Waals surface area (Å²) in [5, 5.41) is 0.343. The molecule has 3 aromatic carbocycles. The molecule has 0 saturated heterocycles. The lowest BCUT2D eigenvalue weighted by molar-refractivity contribution is 0.0504. The van der Waals surface area contributed by atoms with Crippen LogP contribution in [0.25, 0.3) is 11.0 Å². The minimum Gasteiger partial charge on any atom is -0.489 e. The van der Waals surface area contributed by atoms with Gasteiger partial charge in [0.15, 0.2) is 0 Å². The van der Waals surface area contributed by atoms with Gasteiger partial charge in [-0.3, -0.25) is 4.79 Å². The first kappa shape index (κ1) is 25.5. The van der Waals surface area contributed by atoms with Gasteiger partial charge in [-0.25, -0.2) is 9.59 Å². The number of aryl methyl sites for hydroxylation is 1. The van der Waals surface area contributed by atoms with Gasteiger partial charge in [0.2, 0.25) is 11.2 Å². The third kappa shape index (κ3) is 5.98. The molecule has 190 valence electrons. The van der Waals surface area contributed by atoms with Crippen molar-refractivity contribution in [1.82, 2.24) is 0 Å². The number of benzene rings is 3. The molecule has 0 fully saturated rings. The molecule has 0 aliphatic carbocycles. The minimum absolute atomic E-state index is 0.0631. The Balaban J connectivity index is 1.48. The maximum atomic E-state index is 13.1. The number of rotatable bonds is 9. The average molecular weight is 503 g/mol. The first-order valence-corrected chi connectivity index (χ1v) is 11.7. The van der Waals surface area contributed by atoms with E-state index in [9.17, 15) is 14.4 Å². The van der Waals surface area contributed by atoms with Crippen molar-refractivity contribution in [3.05, 3.63) is 99.4 Å². The SMILES string of the molecule is CCCOC(=O)c1ccc(Oc2c(C)oc3cc(OCc4ccc(C(=O)OC)cc4)ccc3c2=O)cc1. The van der Waals surface area contributed by atoms with E-state index in [1.54, 1.807) is 73.7 Å². The van der Waals surface area contributed by atoms with Crippen molar-refractivity contribution in [2.24, 2.45) is 0 Å². The molecule has 0 atom stereocenters. The molecule has 0 aliphatic heterocycles. The molecule has 0 unspecified atom stereocenters. The third-order valence-corrected chi connectivity index (χ3v) is 5.51. The fourth-order valence-corrected chi connectivity index (χ4v) is 3.55. The quantitative estimate of drug-likeness (QED) is 0.264. The largest absolute Gasteiger partial charge is 0.489 e. The molecule has 0 N–H and O–H groups in total. The summed E-state index contributed by atoms with van der Waals surface area (Å²) in [6, 6.07) is 18.2. The Kier molecular flexibility index (Phi) is 7.88. The summed E-state index contributed by atoms with van der Waals surface area (Å²) in [7, 11) is 1.33. The highest BCUT2D eigenvalue weighted by molar-refractivity contribution is 5.90. The number of ether oxygens (including phenoxy) is 4. The number of esters is 2. The summed E-state index contributed by atoms with van der Waals surface area (Å²) in [4.78, 5) is 36.7. The van der Waals surface area contributed by atoms with Crippen LogP contribution in [0.15, 0.2) is 75.9 Å². The van der Waals surface area contributed by atoms with Gasteiger partial charge in [0.1, 0.15) is 29.4 Å². The molecule has 8 nitrogen and oxygen atoms in total. The monoisotopic (exact) mass is 502 g/mol. The number of fused-ring (bicyclic) bond motifs is 1. The van der Waals surface area contributed by atoms with Crippen molar-refractivity contribution in [2.45, 2.75) is 26.9 Å². The highest BCUT2D eigenvalue weighted by Crippen LogP contribution is 2.28. The van der Waals surface area contributed by atoms with Gasteiger partial charge in [0, 0.05) is 6.07 Å². The second-order valence-electron chi connectivity index (χ2n) is 8.21. The summed E-state index contributed by atoms with van der Waals surface area (Å²) in [6.45, 7) is 4.18. The van der Waals surface area contributed by atoms with Crippen LogP contribution in [-0.2, 0) is 16.1 Å². The van der Waals surface area contributed by atoms with Crippen LogP contribution in [0.5, 0.6) is 17.2 Å². The van der Waals surface area contributed by atoms with Gasteiger partial charge >= 0.3 is 11.9 Å². The second-order valence-corrected chi connectivity index (χ2v) is 8.21. The standard InChI is InChI=1S/C29H26O8/c1-4-15-34-29(32)21-9-11-22(12-10-21)37-27-18(2)36-25-16-23(13-14-24(25)26(27)30)35-17-19-5-7-20(8-6-19)28(31)33-3/h5-14,16H,4,15,17H2,1-3H3. The Hall–Kier alpha value is -4.59. The molecule has 0 amide bonds. The van der Waals surface area contributed by atoms with Gasteiger partial charge < -0.3 is 23.4 Å². The first-order chi connectivity index (χ1) is 17.9. The molecule has 4 rings (SSSR count). The fraction of sp³-hybridized carbons (Fsp3) is 0.207. The summed E-state index contributed by atoms with van der Waals surface area (Å²) >= 11 is 0. The van der Waals surface area contributed by atoms with Crippen molar-refractivity contribution in [2.75, 3.05) is 13.7 Å². The zero-order chi connectivity index (χ0) is 26.4. The van der Waals surface area contributed by atoms with Crippen molar-refractivity contribution in [1.29, 1.82) is 0 Å². The van der Waals surface area contributed by atoms with E-state index in [2.05, 4.69) is 0 Å². The molecule has 37 heavy (non-hydrogen) atoms. The number of carbonyl (C=O) groups is 2. The molecule has 8 heteroatoms. The van der Waals surface area contributed by atoms with Crippen LogP contribution in [0, 0.1) is 6.92 Å². The zero-order valence-corrected chi connectivity index (χ0v) is 20.7. The van der Waals surface area contributed by atoms with Crippen LogP contribution >= 0.6 is 0 Å². The van der Waals surface area contributed by atoms with Crippen LogP contribution in [-0.4, -0.2) is 25.7 Å². The van der Waals surface area contributed by atoms with Crippen LogP contribution < -0.4 is 14.9 Å². The maximum Gasteiger partial charge on any atom is 0.338 e. The Labute approximate surface area is 213 Å². The molecular formula is C29H26O8. The van der Waals surface area contributed by atoms with Crippen molar-refractivity contribution in [3.8, 4) is 17.2 Å². The highest BCUT2D eigenvalue weighted by Gasteiger charge is 2.15. The van der Waals surface area contributed by atoms with E-state index in [0.717, 1.165) is 12.0 Å². The van der Waals surface area contributed by atoms with Gasteiger partial charge in [0.05, 0.1) is 30.2 Å². The molecular weight excluding hydrogens is 476 g/mol. The smallest absolute Gasteiger partial charge is 0.338 e. The lowest BCUT2D eigenvalue weighted by Crippen LogP contribution is -2.08. The predicted molar refractivity (Wildman–Crippen MR) is 136 cm³/mol. The van der Waals surface area contributed by atoms with E-state index in [4.69, 9.17) is 23.4 Å². The number of hydrogen-bond acceptors (Lipinski definition) is 8. The van der Waals surface area contributed by atoms with E-state index >= 15 is 0 Å². The predicted octanol–water partition coefficient (Wildman–Crippen LogP) is 5.83. The number of methoxy groups -OCH3 is 1. The summed E-state index contributed by atoms with van der Waals surface area (Å²) < 4.78 is 27.3. The number of hydrogen-bond donors (Lipinski definition) is 0. The van der Waals surface area contributed by atoms with E-state index in [0.29, 0.717) is 46.0 Å². The molecule has 0 aliphatic rings. The Bertz CT molecular complexity index is 1470. The van der Waals surface area contributed by atoms with Crippen molar-refractivity contribution >= 4 is 22.9 Å². The summed E-state index contributed by atoms with van der Waals surface area (Å²) in [6.07, 6.45) is 0.740. The zero-order valence-electron chi connectivity index (χ0n) is 20.7. The van der Waals surface area contributed by atoms with Crippen molar-refractivity contribution in [3.63, 3.8) is 0 Å². The molecule has 0 radical (unpaired) electrons.